The van der Waals surface area contributed by atoms with Gasteiger partial charge in [0.2, 0.25) is 17.7 Å². The van der Waals surface area contributed by atoms with Gasteiger partial charge < -0.3 is 31.9 Å². The molecule has 0 heterocycles. The molecule has 7 N–H and O–H groups in total. The van der Waals surface area contributed by atoms with Gasteiger partial charge in [0.1, 0.15) is 18.1 Å². The van der Waals surface area contributed by atoms with Gasteiger partial charge in [-0.15, -0.1) is 0 Å². The van der Waals surface area contributed by atoms with Crippen molar-refractivity contribution in [1.29, 1.82) is 0 Å². The second-order valence-corrected chi connectivity index (χ2v) is 8.88. The Balaban J connectivity index is 5.46. The average Bonchev–Trinajstić information content (AvgIpc) is 2.67. The molecule has 5 unspecified atom stereocenters. The number of hydrogen-bond donors (Lipinski definition) is 6. The molecule has 0 saturated carbocycles. The number of aliphatic hydroxyl groups is 1. The molecule has 0 aromatic carbocycles. The smallest absolute Gasteiger partial charge is 0.328 e. The first-order valence-electron chi connectivity index (χ1n) is 10.8. The zero-order valence-corrected chi connectivity index (χ0v) is 19.5. The van der Waals surface area contributed by atoms with Crippen LogP contribution in [0.15, 0.2) is 0 Å². The Morgan fingerprint density at radius 3 is 1.74 bits per heavy atom. The van der Waals surface area contributed by atoms with Crippen LogP contribution in [0.1, 0.15) is 60.8 Å². The second-order valence-electron chi connectivity index (χ2n) is 8.88. The molecule has 0 aliphatic carbocycles. The van der Waals surface area contributed by atoms with Gasteiger partial charge in [0, 0.05) is 0 Å². The van der Waals surface area contributed by atoms with Crippen molar-refractivity contribution in [2.45, 2.75) is 85.0 Å². The number of aliphatic carboxylic acids is 1. The molecule has 3 amide bonds. The Labute approximate surface area is 184 Å². The van der Waals surface area contributed by atoms with Crippen LogP contribution < -0.4 is 21.7 Å². The molecular formula is C21H40N4O6. The molecule has 5 atom stereocenters. The lowest BCUT2D eigenvalue weighted by Crippen LogP contribution is -2.59. The Morgan fingerprint density at radius 2 is 1.32 bits per heavy atom. The molecule has 180 valence electrons. The third-order valence-electron chi connectivity index (χ3n) is 4.99. The zero-order valence-electron chi connectivity index (χ0n) is 19.5. The van der Waals surface area contributed by atoms with Gasteiger partial charge in [-0.3, -0.25) is 14.4 Å². The number of nitrogens with one attached hydrogen (secondary N) is 3. The van der Waals surface area contributed by atoms with E-state index in [1.54, 1.807) is 6.92 Å². The Bertz CT molecular complexity index is 611. The third-order valence-corrected chi connectivity index (χ3v) is 4.99. The molecule has 0 saturated heterocycles. The van der Waals surface area contributed by atoms with E-state index < -0.39 is 54.5 Å². The molecule has 0 aromatic rings. The lowest BCUT2D eigenvalue weighted by atomic mass is 9.96. The van der Waals surface area contributed by atoms with E-state index in [0.29, 0.717) is 19.3 Å². The average molecular weight is 445 g/mol. The summed E-state index contributed by atoms with van der Waals surface area (Å²) in [6.45, 7) is 10.5. The van der Waals surface area contributed by atoms with E-state index in [-0.39, 0.29) is 17.8 Å². The minimum Gasteiger partial charge on any atom is -0.480 e. The first kappa shape index (κ1) is 28.8. The fourth-order valence-electron chi connectivity index (χ4n) is 3.00. The van der Waals surface area contributed by atoms with E-state index in [1.165, 1.54) is 0 Å². The molecular weight excluding hydrogens is 404 g/mol. The number of carbonyl (C=O) groups excluding carboxylic acids is 3. The summed E-state index contributed by atoms with van der Waals surface area (Å²) in [4.78, 5) is 49.2. The van der Waals surface area contributed by atoms with Crippen molar-refractivity contribution >= 4 is 23.7 Å². The van der Waals surface area contributed by atoms with Gasteiger partial charge in [0.25, 0.3) is 0 Å². The van der Waals surface area contributed by atoms with Gasteiger partial charge in [0.05, 0.1) is 12.6 Å². The van der Waals surface area contributed by atoms with E-state index in [1.807, 2.05) is 34.6 Å². The van der Waals surface area contributed by atoms with E-state index in [9.17, 15) is 19.2 Å². The van der Waals surface area contributed by atoms with Crippen molar-refractivity contribution in [1.82, 2.24) is 16.0 Å². The topological polar surface area (TPSA) is 171 Å². The van der Waals surface area contributed by atoms with E-state index in [0.717, 1.165) is 0 Å². The second kappa shape index (κ2) is 14.0. The van der Waals surface area contributed by atoms with Crippen molar-refractivity contribution in [3.8, 4) is 0 Å². The Hall–Kier alpha value is -2.20. The Morgan fingerprint density at radius 1 is 0.806 bits per heavy atom. The van der Waals surface area contributed by atoms with Crippen molar-refractivity contribution in [2.24, 2.45) is 23.5 Å². The lowest BCUT2D eigenvalue weighted by molar-refractivity contribution is -0.143. The van der Waals surface area contributed by atoms with Gasteiger partial charge >= 0.3 is 5.97 Å². The van der Waals surface area contributed by atoms with Crippen LogP contribution in [0.4, 0.5) is 0 Å². The molecule has 0 spiro atoms. The molecule has 0 fully saturated rings. The lowest BCUT2D eigenvalue weighted by Gasteiger charge is -2.28. The summed E-state index contributed by atoms with van der Waals surface area (Å²) in [6.07, 6.45) is 1.35. The van der Waals surface area contributed by atoms with Gasteiger partial charge in [-0.1, -0.05) is 48.0 Å². The standard InChI is InChI=1S/C21H40N4O6/c1-7-13(6)17(20(29)24-16(10-26)21(30)31)25-19(28)15(9-12(4)5)23-18(27)14(22)8-11(2)3/h11-17,26H,7-10,22H2,1-6H3,(H,23,27)(H,24,29)(H,25,28)(H,30,31). The van der Waals surface area contributed by atoms with Crippen molar-refractivity contribution in [3.63, 3.8) is 0 Å². The molecule has 0 aromatic heterocycles. The maximum Gasteiger partial charge on any atom is 0.328 e. The quantitative estimate of drug-likeness (QED) is 0.219. The minimum atomic E-state index is -1.48. The van der Waals surface area contributed by atoms with Crippen LogP contribution in [0.25, 0.3) is 0 Å². The highest BCUT2D eigenvalue weighted by Gasteiger charge is 2.32. The zero-order chi connectivity index (χ0) is 24.3. The van der Waals surface area contributed by atoms with Gasteiger partial charge in [0.15, 0.2) is 0 Å². The van der Waals surface area contributed by atoms with Crippen LogP contribution in [-0.4, -0.2) is 64.7 Å². The summed E-state index contributed by atoms with van der Waals surface area (Å²) in [6, 6.07) is -4.15. The SMILES string of the molecule is CCC(C)C(NC(=O)C(CC(C)C)NC(=O)C(N)CC(C)C)C(=O)NC(CO)C(=O)O. The number of carboxylic acid groups (broad SMARTS) is 1. The van der Waals surface area contributed by atoms with Crippen LogP contribution in [0.5, 0.6) is 0 Å². The third kappa shape index (κ3) is 10.6. The molecule has 31 heavy (non-hydrogen) atoms. The molecule has 0 aliphatic heterocycles. The van der Waals surface area contributed by atoms with Crippen molar-refractivity contribution in [2.75, 3.05) is 6.61 Å². The molecule has 0 radical (unpaired) electrons. The summed E-state index contributed by atoms with van der Waals surface area (Å²) in [5, 5.41) is 25.8. The monoisotopic (exact) mass is 444 g/mol. The maximum absolute atomic E-state index is 13.0. The number of hydrogen-bond acceptors (Lipinski definition) is 6. The van der Waals surface area contributed by atoms with Crippen LogP contribution in [0.3, 0.4) is 0 Å². The predicted octanol–water partition coefficient (Wildman–Crippen LogP) is -0.0167. The molecule has 0 rings (SSSR count). The number of amides is 3. The summed E-state index contributed by atoms with van der Waals surface area (Å²) >= 11 is 0. The Kier molecular flexibility index (Phi) is 13.0. The van der Waals surface area contributed by atoms with Gasteiger partial charge in [-0.05, 0) is 30.6 Å². The van der Waals surface area contributed by atoms with Crippen LogP contribution in [0, 0.1) is 17.8 Å². The number of carbonyl (C=O) groups is 4. The highest BCUT2D eigenvalue weighted by atomic mass is 16.4. The first-order valence-corrected chi connectivity index (χ1v) is 10.8. The number of aliphatic hydroxyl groups excluding tert-OH is 1. The minimum absolute atomic E-state index is 0.0824. The largest absolute Gasteiger partial charge is 0.480 e. The van der Waals surface area contributed by atoms with Crippen LogP contribution in [0.2, 0.25) is 0 Å². The van der Waals surface area contributed by atoms with Crippen LogP contribution in [-0.2, 0) is 19.2 Å². The van der Waals surface area contributed by atoms with Crippen LogP contribution >= 0.6 is 0 Å². The maximum atomic E-state index is 13.0. The van der Waals surface area contributed by atoms with E-state index in [2.05, 4.69) is 16.0 Å². The van der Waals surface area contributed by atoms with Gasteiger partial charge in [-0.2, -0.15) is 0 Å². The van der Waals surface area contributed by atoms with Crippen molar-refractivity contribution in [3.05, 3.63) is 0 Å². The predicted molar refractivity (Wildman–Crippen MR) is 117 cm³/mol. The molecule has 10 nitrogen and oxygen atoms in total. The summed E-state index contributed by atoms with van der Waals surface area (Å²) in [5.41, 5.74) is 5.93. The number of carboxylic acids is 1. The number of rotatable bonds is 14. The molecule has 0 bridgehead atoms. The molecule has 10 heteroatoms. The van der Waals surface area contributed by atoms with Gasteiger partial charge in [-0.25, -0.2) is 4.79 Å². The highest BCUT2D eigenvalue weighted by Crippen LogP contribution is 2.12. The normalized spacial score (nSPS) is 16.2. The van der Waals surface area contributed by atoms with Crippen molar-refractivity contribution < 1.29 is 29.4 Å². The fraction of sp³-hybridized carbons (Fsp3) is 0.810. The van der Waals surface area contributed by atoms with E-state index >= 15 is 0 Å². The number of nitrogens with two attached hydrogens (primary N) is 1. The summed E-state index contributed by atoms with van der Waals surface area (Å²) < 4.78 is 0. The highest BCUT2D eigenvalue weighted by molar-refractivity contribution is 5.94. The summed E-state index contributed by atoms with van der Waals surface area (Å²) in [5.74, 6) is -3.09. The molecule has 0 aliphatic rings. The fourth-order valence-corrected chi connectivity index (χ4v) is 3.00. The summed E-state index contributed by atoms with van der Waals surface area (Å²) in [7, 11) is 0. The first-order chi connectivity index (χ1) is 14.3. The van der Waals surface area contributed by atoms with E-state index in [4.69, 9.17) is 15.9 Å².